The minimum atomic E-state index is -0.190. The second kappa shape index (κ2) is 6.41. The lowest BCUT2D eigenvalue weighted by atomic mass is 10.1. The third kappa shape index (κ3) is 3.84. The molecule has 1 aromatic carbocycles. The number of benzene rings is 1. The van der Waals surface area contributed by atoms with Gasteiger partial charge in [0, 0.05) is 37.6 Å². The quantitative estimate of drug-likeness (QED) is 0.896. The Bertz CT molecular complexity index is 528. The Morgan fingerprint density at radius 2 is 1.84 bits per heavy atom. The van der Waals surface area contributed by atoms with Gasteiger partial charge in [0.1, 0.15) is 5.82 Å². The number of hydrogen-bond acceptors (Lipinski definition) is 3. The fourth-order valence-electron chi connectivity index (χ4n) is 1.99. The summed E-state index contributed by atoms with van der Waals surface area (Å²) in [6, 6.07) is 9.11. The second-order valence-electron chi connectivity index (χ2n) is 4.66. The van der Waals surface area contributed by atoms with Gasteiger partial charge >= 0.3 is 0 Å². The van der Waals surface area contributed by atoms with Crippen molar-refractivity contribution >= 4 is 0 Å². The predicted octanol–water partition coefficient (Wildman–Crippen LogP) is 2.31. The largest absolute Gasteiger partial charge is 0.326 e. The Kier molecular flexibility index (Phi) is 4.60. The zero-order valence-corrected chi connectivity index (χ0v) is 11.0. The Morgan fingerprint density at radius 1 is 1.11 bits per heavy atom. The van der Waals surface area contributed by atoms with E-state index >= 15 is 0 Å². The van der Waals surface area contributed by atoms with E-state index in [1.54, 1.807) is 18.5 Å². The van der Waals surface area contributed by atoms with Gasteiger partial charge in [-0.1, -0.05) is 12.1 Å². The van der Waals surface area contributed by atoms with Crippen molar-refractivity contribution < 1.29 is 4.39 Å². The summed E-state index contributed by atoms with van der Waals surface area (Å²) in [7, 11) is 1.97. The molecule has 2 aromatic rings. The molecule has 0 atom stereocenters. The van der Waals surface area contributed by atoms with E-state index in [1.165, 1.54) is 6.07 Å². The predicted molar refractivity (Wildman–Crippen MR) is 73.7 cm³/mol. The highest BCUT2D eigenvalue weighted by Gasteiger charge is 2.07. The van der Waals surface area contributed by atoms with E-state index < -0.39 is 0 Å². The lowest BCUT2D eigenvalue weighted by Crippen LogP contribution is -2.18. The van der Waals surface area contributed by atoms with E-state index in [0.29, 0.717) is 18.7 Å². The number of nitrogens with two attached hydrogens (primary N) is 1. The number of halogens is 1. The normalized spacial score (nSPS) is 10.9. The van der Waals surface area contributed by atoms with Crippen molar-refractivity contribution in [2.45, 2.75) is 19.6 Å². The highest BCUT2D eigenvalue weighted by molar-refractivity contribution is 5.24. The van der Waals surface area contributed by atoms with Gasteiger partial charge in [-0.2, -0.15) is 0 Å². The number of pyridine rings is 1. The van der Waals surface area contributed by atoms with E-state index in [-0.39, 0.29) is 5.82 Å². The molecule has 1 heterocycles. The lowest BCUT2D eigenvalue weighted by molar-refractivity contribution is 0.313. The van der Waals surface area contributed by atoms with E-state index in [9.17, 15) is 4.39 Å². The van der Waals surface area contributed by atoms with Crippen molar-refractivity contribution in [2.75, 3.05) is 7.05 Å². The first-order valence-electron chi connectivity index (χ1n) is 6.24. The van der Waals surface area contributed by atoms with Crippen LogP contribution in [0.5, 0.6) is 0 Å². The molecule has 19 heavy (non-hydrogen) atoms. The van der Waals surface area contributed by atoms with Crippen molar-refractivity contribution in [3.63, 3.8) is 0 Å². The molecule has 0 aliphatic rings. The van der Waals surface area contributed by atoms with Crippen LogP contribution in [0.2, 0.25) is 0 Å². The van der Waals surface area contributed by atoms with Gasteiger partial charge in [-0.05, 0) is 36.4 Å². The summed E-state index contributed by atoms with van der Waals surface area (Å²) in [5.74, 6) is -0.190. The topological polar surface area (TPSA) is 42.2 Å². The summed E-state index contributed by atoms with van der Waals surface area (Å²) < 4.78 is 13.8. The highest BCUT2D eigenvalue weighted by Crippen LogP contribution is 2.13. The van der Waals surface area contributed by atoms with Crippen LogP contribution in [0.4, 0.5) is 4.39 Å². The molecule has 0 aliphatic heterocycles. The van der Waals surface area contributed by atoms with Gasteiger partial charge in [0.05, 0.1) is 0 Å². The lowest BCUT2D eigenvalue weighted by Gasteiger charge is -2.17. The van der Waals surface area contributed by atoms with Gasteiger partial charge in [0.15, 0.2) is 0 Å². The molecule has 0 radical (unpaired) electrons. The van der Waals surface area contributed by atoms with E-state index in [0.717, 1.165) is 17.7 Å². The van der Waals surface area contributed by atoms with Crippen LogP contribution in [-0.2, 0) is 19.6 Å². The monoisotopic (exact) mass is 259 g/mol. The molecule has 2 N–H and O–H groups in total. The average molecular weight is 259 g/mol. The number of hydrogen-bond donors (Lipinski definition) is 1. The molecule has 0 bridgehead atoms. The number of nitrogens with zero attached hydrogens (tertiary/aromatic N) is 2. The van der Waals surface area contributed by atoms with Crippen LogP contribution in [0.1, 0.15) is 16.7 Å². The highest BCUT2D eigenvalue weighted by atomic mass is 19.1. The fraction of sp³-hybridized carbons (Fsp3) is 0.267. The first-order chi connectivity index (χ1) is 9.19. The first kappa shape index (κ1) is 13.6. The van der Waals surface area contributed by atoms with Crippen LogP contribution in [-0.4, -0.2) is 16.9 Å². The molecular weight excluding hydrogens is 241 g/mol. The SMILES string of the molecule is CN(Cc1ccncc1)Cc1ccc(CN)cc1F. The van der Waals surface area contributed by atoms with Crippen LogP contribution in [0.25, 0.3) is 0 Å². The minimum Gasteiger partial charge on any atom is -0.326 e. The molecule has 4 heteroatoms. The van der Waals surface area contributed by atoms with Crippen LogP contribution in [0.3, 0.4) is 0 Å². The molecule has 0 unspecified atom stereocenters. The van der Waals surface area contributed by atoms with Gasteiger partial charge in [0.25, 0.3) is 0 Å². The summed E-state index contributed by atoms with van der Waals surface area (Å²) in [6.07, 6.45) is 3.53. The summed E-state index contributed by atoms with van der Waals surface area (Å²) in [5.41, 5.74) is 8.16. The Labute approximate surface area is 112 Å². The molecule has 0 amide bonds. The molecule has 3 nitrogen and oxygen atoms in total. The molecule has 2 rings (SSSR count). The molecule has 1 aromatic heterocycles. The van der Waals surface area contributed by atoms with Crippen molar-refractivity contribution in [1.29, 1.82) is 0 Å². The van der Waals surface area contributed by atoms with E-state index in [4.69, 9.17) is 5.73 Å². The smallest absolute Gasteiger partial charge is 0.128 e. The molecule has 0 saturated carbocycles. The number of aromatic nitrogens is 1. The first-order valence-corrected chi connectivity index (χ1v) is 6.24. The zero-order chi connectivity index (χ0) is 13.7. The van der Waals surface area contributed by atoms with Gasteiger partial charge < -0.3 is 5.73 Å². The summed E-state index contributed by atoms with van der Waals surface area (Å²) >= 11 is 0. The summed E-state index contributed by atoms with van der Waals surface area (Å²) in [4.78, 5) is 6.04. The van der Waals surface area contributed by atoms with Crippen molar-refractivity contribution in [1.82, 2.24) is 9.88 Å². The van der Waals surface area contributed by atoms with E-state index in [1.807, 2.05) is 25.2 Å². The minimum absolute atomic E-state index is 0.190. The Morgan fingerprint density at radius 3 is 2.47 bits per heavy atom. The Balaban J connectivity index is 2.01. The van der Waals surface area contributed by atoms with Gasteiger partial charge in [-0.3, -0.25) is 9.88 Å². The van der Waals surface area contributed by atoms with Gasteiger partial charge in [-0.25, -0.2) is 4.39 Å². The fourth-order valence-corrected chi connectivity index (χ4v) is 1.99. The molecule has 0 aliphatic carbocycles. The molecule has 0 saturated heterocycles. The van der Waals surface area contributed by atoms with Crippen LogP contribution >= 0.6 is 0 Å². The molecule has 0 spiro atoms. The van der Waals surface area contributed by atoms with Crippen molar-refractivity contribution in [3.8, 4) is 0 Å². The van der Waals surface area contributed by atoms with Crippen LogP contribution < -0.4 is 5.73 Å². The van der Waals surface area contributed by atoms with Crippen LogP contribution in [0, 0.1) is 5.82 Å². The van der Waals surface area contributed by atoms with E-state index in [2.05, 4.69) is 9.88 Å². The van der Waals surface area contributed by atoms with Crippen LogP contribution in [0.15, 0.2) is 42.7 Å². The molecule has 0 fully saturated rings. The Hall–Kier alpha value is -1.78. The second-order valence-corrected chi connectivity index (χ2v) is 4.66. The third-order valence-corrected chi connectivity index (χ3v) is 3.00. The van der Waals surface area contributed by atoms with Crippen molar-refractivity contribution in [2.24, 2.45) is 5.73 Å². The molecule has 100 valence electrons. The maximum atomic E-state index is 13.8. The molecular formula is C15H18FN3. The average Bonchev–Trinajstić information content (AvgIpc) is 2.42. The maximum absolute atomic E-state index is 13.8. The maximum Gasteiger partial charge on any atom is 0.128 e. The van der Waals surface area contributed by atoms with Gasteiger partial charge in [-0.15, -0.1) is 0 Å². The summed E-state index contributed by atoms with van der Waals surface area (Å²) in [6.45, 7) is 1.70. The van der Waals surface area contributed by atoms with Crippen molar-refractivity contribution in [3.05, 3.63) is 65.2 Å². The third-order valence-electron chi connectivity index (χ3n) is 3.00. The standard InChI is InChI=1S/C15H18FN3/c1-19(10-12-4-6-18-7-5-12)11-14-3-2-13(9-17)8-15(14)16/h2-8H,9-11,17H2,1H3. The number of rotatable bonds is 5. The summed E-state index contributed by atoms with van der Waals surface area (Å²) in [5, 5.41) is 0. The van der Waals surface area contributed by atoms with Gasteiger partial charge in [0.2, 0.25) is 0 Å². The zero-order valence-electron chi connectivity index (χ0n) is 11.0.